The van der Waals surface area contributed by atoms with Crippen molar-refractivity contribution in [3.63, 3.8) is 0 Å². The van der Waals surface area contributed by atoms with E-state index in [1.54, 1.807) is 0 Å². The number of aromatic carboxylic acids is 2. The maximum absolute atomic E-state index is 10.3. The number of nitrogens with two attached hydrogens (primary N) is 2. The molecule has 1 aromatic rings. The fourth-order valence-corrected chi connectivity index (χ4v) is 2.05. The van der Waals surface area contributed by atoms with Crippen LogP contribution in [0.2, 0.25) is 0 Å². The van der Waals surface area contributed by atoms with E-state index in [1.165, 1.54) is 31.4 Å². The molecule has 0 bridgehead atoms. The summed E-state index contributed by atoms with van der Waals surface area (Å²) in [4.78, 5) is 20.6. The molecule has 0 aliphatic heterocycles. The Bertz CT molecular complexity index is 451. The molecule has 1 saturated carbocycles. The zero-order valence-corrected chi connectivity index (χ0v) is 13.7. The molecule has 0 saturated heterocycles. The van der Waals surface area contributed by atoms with Crippen LogP contribution in [0.3, 0.4) is 0 Å². The van der Waals surface area contributed by atoms with Gasteiger partial charge in [0.1, 0.15) is 0 Å². The summed E-state index contributed by atoms with van der Waals surface area (Å²) < 4.78 is 0. The van der Waals surface area contributed by atoms with Crippen molar-refractivity contribution >= 4 is 11.9 Å². The molecule has 1 aliphatic rings. The van der Waals surface area contributed by atoms with Gasteiger partial charge in [0.15, 0.2) is 0 Å². The maximum atomic E-state index is 10.3. The molecule has 118 valence electrons. The molecular formula is C14H18N2O4Pt. The summed E-state index contributed by atoms with van der Waals surface area (Å²) in [6, 6.07) is 5.14. The maximum Gasteiger partial charge on any atom is 2.00 e. The van der Waals surface area contributed by atoms with Crippen molar-refractivity contribution in [3.8, 4) is 0 Å². The predicted molar refractivity (Wildman–Crippen MR) is 69.3 cm³/mol. The molecule has 21 heavy (non-hydrogen) atoms. The van der Waals surface area contributed by atoms with Crippen LogP contribution in [0.25, 0.3) is 0 Å². The Morgan fingerprint density at radius 1 is 0.905 bits per heavy atom. The van der Waals surface area contributed by atoms with Crippen LogP contribution >= 0.6 is 0 Å². The number of carbonyl (C=O) groups excluding carboxylic acids is 2. The second-order valence-corrected chi connectivity index (χ2v) is 4.91. The standard InChI is InChI=1S/C8H6O4.C6H14N2.Pt/c9-7(10)5-3-1-2-4-6(5)8(11)12;7-6(8)4-2-1-3-5-6;/h1-4H,(H,9,10)(H,11,12);1-5,7-8H2;/q;;+2/p-2. The largest absolute Gasteiger partial charge is 2.00 e. The fourth-order valence-electron chi connectivity index (χ4n) is 2.05. The van der Waals surface area contributed by atoms with Crippen LogP contribution in [0.4, 0.5) is 0 Å². The van der Waals surface area contributed by atoms with Gasteiger partial charge in [0.2, 0.25) is 0 Å². The number of carbonyl (C=O) groups is 2. The summed E-state index contributed by atoms with van der Waals surface area (Å²) in [6.45, 7) is 0. The average molecular weight is 473 g/mol. The quantitative estimate of drug-likeness (QED) is 0.529. The first-order valence-corrected chi connectivity index (χ1v) is 6.43. The van der Waals surface area contributed by atoms with E-state index in [-0.39, 0.29) is 37.9 Å². The van der Waals surface area contributed by atoms with Gasteiger partial charge in [0.25, 0.3) is 0 Å². The van der Waals surface area contributed by atoms with E-state index in [2.05, 4.69) is 0 Å². The molecule has 0 spiro atoms. The third kappa shape index (κ3) is 6.84. The normalized spacial score (nSPS) is 15.9. The van der Waals surface area contributed by atoms with Gasteiger partial charge >= 0.3 is 21.1 Å². The Kier molecular flexibility index (Phi) is 8.40. The van der Waals surface area contributed by atoms with Crippen molar-refractivity contribution in [1.82, 2.24) is 0 Å². The van der Waals surface area contributed by atoms with Gasteiger partial charge in [-0.15, -0.1) is 0 Å². The second kappa shape index (κ2) is 8.92. The van der Waals surface area contributed by atoms with Crippen LogP contribution < -0.4 is 21.7 Å². The monoisotopic (exact) mass is 473 g/mol. The molecule has 4 N–H and O–H groups in total. The number of carboxylic acid groups (broad SMARTS) is 2. The molecule has 1 aromatic carbocycles. The smallest absolute Gasteiger partial charge is 0.545 e. The first-order valence-electron chi connectivity index (χ1n) is 6.43. The molecular weight excluding hydrogens is 455 g/mol. The Morgan fingerprint density at radius 2 is 1.29 bits per heavy atom. The molecule has 7 heteroatoms. The Morgan fingerprint density at radius 3 is 1.52 bits per heavy atom. The van der Waals surface area contributed by atoms with Gasteiger partial charge in [0, 0.05) is 11.1 Å². The number of hydrogen-bond acceptors (Lipinski definition) is 6. The number of carboxylic acids is 2. The summed E-state index contributed by atoms with van der Waals surface area (Å²) in [6.07, 6.45) is 5.76. The molecule has 0 heterocycles. The van der Waals surface area contributed by atoms with Gasteiger partial charge in [-0.05, 0) is 12.8 Å². The van der Waals surface area contributed by atoms with E-state index in [1.807, 2.05) is 0 Å². The van der Waals surface area contributed by atoms with Gasteiger partial charge < -0.3 is 31.3 Å². The van der Waals surface area contributed by atoms with Crippen molar-refractivity contribution in [2.24, 2.45) is 11.5 Å². The number of hydrogen-bond donors (Lipinski definition) is 2. The van der Waals surface area contributed by atoms with Crippen LogP contribution in [-0.2, 0) is 21.1 Å². The van der Waals surface area contributed by atoms with E-state index in [9.17, 15) is 19.8 Å². The fraction of sp³-hybridized carbons (Fsp3) is 0.429. The Labute approximate surface area is 137 Å². The molecule has 1 fully saturated rings. The van der Waals surface area contributed by atoms with Gasteiger partial charge in [0.05, 0.1) is 17.6 Å². The summed E-state index contributed by atoms with van der Waals surface area (Å²) in [5.41, 5.74) is 10.3. The average Bonchev–Trinajstić information content (AvgIpc) is 2.39. The SMILES string of the molecule is NC1(N)CCCCC1.O=C([O-])c1ccccc1C(=O)[O-].[Pt+2]. The molecule has 6 nitrogen and oxygen atoms in total. The van der Waals surface area contributed by atoms with Gasteiger partial charge in [-0.3, -0.25) is 0 Å². The van der Waals surface area contributed by atoms with Crippen LogP contribution in [0.15, 0.2) is 24.3 Å². The van der Waals surface area contributed by atoms with Crippen molar-refractivity contribution in [1.29, 1.82) is 0 Å². The van der Waals surface area contributed by atoms with Crippen LogP contribution in [-0.4, -0.2) is 17.6 Å². The molecule has 1 aliphatic carbocycles. The van der Waals surface area contributed by atoms with E-state index in [0.29, 0.717) is 0 Å². The predicted octanol–water partition coefficient (Wildman–Crippen LogP) is -1.02. The van der Waals surface area contributed by atoms with E-state index >= 15 is 0 Å². The Balaban J connectivity index is 0.000000390. The molecule has 0 unspecified atom stereocenters. The van der Waals surface area contributed by atoms with Gasteiger partial charge in [-0.1, -0.05) is 43.5 Å². The Hall–Kier alpha value is -1.23. The van der Waals surface area contributed by atoms with Crippen molar-refractivity contribution in [2.45, 2.75) is 37.8 Å². The molecule has 0 amide bonds. The van der Waals surface area contributed by atoms with Crippen molar-refractivity contribution < 1.29 is 40.9 Å². The van der Waals surface area contributed by atoms with Crippen LogP contribution in [0, 0.1) is 0 Å². The topological polar surface area (TPSA) is 132 Å². The van der Waals surface area contributed by atoms with Gasteiger partial charge in [-0.2, -0.15) is 0 Å². The third-order valence-corrected chi connectivity index (χ3v) is 3.15. The van der Waals surface area contributed by atoms with E-state index in [4.69, 9.17) is 11.5 Å². The zero-order chi connectivity index (χ0) is 15.2. The second-order valence-electron chi connectivity index (χ2n) is 4.91. The molecule has 2 rings (SSSR count). The molecule has 0 aromatic heterocycles. The first-order chi connectivity index (χ1) is 9.33. The van der Waals surface area contributed by atoms with Crippen molar-refractivity contribution in [3.05, 3.63) is 35.4 Å². The molecule has 0 atom stereocenters. The summed E-state index contributed by atoms with van der Waals surface area (Å²) in [7, 11) is 0. The van der Waals surface area contributed by atoms with Crippen LogP contribution in [0.5, 0.6) is 0 Å². The summed E-state index contributed by atoms with van der Waals surface area (Å²) in [5, 5.41) is 20.6. The third-order valence-electron chi connectivity index (χ3n) is 3.15. The minimum absolute atomic E-state index is 0. The summed E-state index contributed by atoms with van der Waals surface area (Å²) in [5.74, 6) is -3.04. The van der Waals surface area contributed by atoms with Crippen molar-refractivity contribution in [2.75, 3.05) is 0 Å². The number of benzene rings is 1. The van der Waals surface area contributed by atoms with Gasteiger partial charge in [-0.25, -0.2) is 0 Å². The van der Waals surface area contributed by atoms with E-state index in [0.717, 1.165) is 25.0 Å². The number of rotatable bonds is 2. The van der Waals surface area contributed by atoms with E-state index < -0.39 is 11.9 Å². The summed E-state index contributed by atoms with van der Waals surface area (Å²) >= 11 is 0. The first kappa shape index (κ1) is 19.8. The minimum Gasteiger partial charge on any atom is -0.545 e. The van der Waals surface area contributed by atoms with Crippen LogP contribution in [0.1, 0.15) is 52.8 Å². The molecule has 0 radical (unpaired) electrons. The zero-order valence-electron chi connectivity index (χ0n) is 11.4. The minimum atomic E-state index is -1.52.